The van der Waals surface area contributed by atoms with Crippen molar-refractivity contribution in [3.63, 3.8) is 0 Å². The highest BCUT2D eigenvalue weighted by Crippen LogP contribution is 2.29. The van der Waals surface area contributed by atoms with E-state index in [0.717, 1.165) is 20.6 Å². The Morgan fingerprint density at radius 3 is 2.64 bits per heavy atom. The molecule has 2 nitrogen and oxygen atoms in total. The van der Waals surface area contributed by atoms with Crippen molar-refractivity contribution in [1.82, 2.24) is 4.98 Å². The van der Waals surface area contributed by atoms with E-state index >= 15 is 0 Å². The lowest BCUT2D eigenvalue weighted by Crippen LogP contribution is -1.92. The van der Waals surface area contributed by atoms with Crippen molar-refractivity contribution < 1.29 is 0 Å². The number of thiazole rings is 1. The molecule has 1 aromatic carbocycles. The zero-order valence-electron chi connectivity index (χ0n) is 7.50. The molecule has 0 amide bonds. The van der Waals surface area contributed by atoms with Gasteiger partial charge in [-0.05, 0) is 13.0 Å². The molecule has 0 atom stereocenters. The fourth-order valence-corrected chi connectivity index (χ4v) is 2.50. The second kappa shape index (κ2) is 3.71. The first-order chi connectivity index (χ1) is 6.68. The summed E-state index contributed by atoms with van der Waals surface area (Å²) in [7, 11) is 0. The van der Waals surface area contributed by atoms with Gasteiger partial charge in [0.25, 0.3) is 0 Å². The Balaban J connectivity index is 2.66. The molecule has 2 aromatic rings. The van der Waals surface area contributed by atoms with E-state index < -0.39 is 0 Å². The molecule has 0 radical (unpaired) electrons. The second-order valence-electron chi connectivity index (χ2n) is 2.93. The topological polar surface area (TPSA) is 32.9 Å². The average Bonchev–Trinajstić information content (AvgIpc) is 2.46. The van der Waals surface area contributed by atoms with E-state index in [-0.39, 0.29) is 4.87 Å². The quantitative estimate of drug-likeness (QED) is 0.848. The molecule has 0 aliphatic carbocycles. The minimum Gasteiger partial charge on any atom is -0.312 e. The van der Waals surface area contributed by atoms with E-state index in [1.165, 1.54) is 11.3 Å². The molecule has 0 saturated carbocycles. The monoisotopic (exact) mass is 269 g/mol. The van der Waals surface area contributed by atoms with E-state index in [9.17, 15) is 4.79 Å². The van der Waals surface area contributed by atoms with Crippen LogP contribution in [0.15, 0.2) is 33.5 Å². The van der Waals surface area contributed by atoms with Crippen molar-refractivity contribution >= 4 is 27.3 Å². The van der Waals surface area contributed by atoms with Crippen molar-refractivity contribution in [2.45, 2.75) is 6.92 Å². The summed E-state index contributed by atoms with van der Waals surface area (Å²) in [6.07, 6.45) is 0. The lowest BCUT2D eigenvalue weighted by atomic mass is 10.1. The summed E-state index contributed by atoms with van der Waals surface area (Å²) in [4.78, 5) is 15.0. The van der Waals surface area contributed by atoms with E-state index in [1.807, 2.05) is 31.2 Å². The first kappa shape index (κ1) is 9.68. The highest BCUT2D eigenvalue weighted by atomic mass is 79.9. The van der Waals surface area contributed by atoms with Crippen LogP contribution in [-0.4, -0.2) is 4.98 Å². The van der Waals surface area contributed by atoms with E-state index in [1.54, 1.807) is 0 Å². The molecule has 14 heavy (non-hydrogen) atoms. The van der Waals surface area contributed by atoms with Crippen LogP contribution in [0.4, 0.5) is 0 Å². The molecule has 1 N–H and O–H groups in total. The smallest absolute Gasteiger partial charge is 0.305 e. The third-order valence-electron chi connectivity index (χ3n) is 1.97. The summed E-state index contributed by atoms with van der Waals surface area (Å²) < 4.78 is 0.997. The number of nitrogens with one attached hydrogen (secondary N) is 1. The number of halogens is 1. The zero-order valence-corrected chi connectivity index (χ0v) is 9.91. The minimum atomic E-state index is -0.00625. The first-order valence-electron chi connectivity index (χ1n) is 4.13. The molecule has 4 heteroatoms. The van der Waals surface area contributed by atoms with Crippen LogP contribution in [0.5, 0.6) is 0 Å². The molecule has 2 rings (SSSR count). The van der Waals surface area contributed by atoms with Crippen LogP contribution in [0.2, 0.25) is 0 Å². The summed E-state index contributed by atoms with van der Waals surface area (Å²) in [5.41, 5.74) is 1.94. The van der Waals surface area contributed by atoms with Gasteiger partial charge in [0, 0.05) is 14.9 Å². The number of hydrogen-bond donors (Lipinski definition) is 1. The van der Waals surface area contributed by atoms with Gasteiger partial charge in [-0.15, -0.1) is 0 Å². The lowest BCUT2D eigenvalue weighted by molar-refractivity contribution is 1.31. The predicted octanol–water partition coefficient (Wildman–Crippen LogP) is 3.17. The molecule has 1 heterocycles. The molecule has 1 aromatic heterocycles. The Hall–Kier alpha value is -0.870. The Morgan fingerprint density at radius 1 is 1.36 bits per heavy atom. The highest BCUT2D eigenvalue weighted by Gasteiger charge is 2.08. The van der Waals surface area contributed by atoms with Crippen LogP contribution in [0.1, 0.15) is 4.88 Å². The van der Waals surface area contributed by atoms with Crippen LogP contribution >= 0.6 is 27.3 Å². The summed E-state index contributed by atoms with van der Waals surface area (Å²) in [5.74, 6) is 0. The van der Waals surface area contributed by atoms with Gasteiger partial charge in [-0.3, -0.25) is 4.79 Å². The maximum absolute atomic E-state index is 11.1. The van der Waals surface area contributed by atoms with Gasteiger partial charge in [0.2, 0.25) is 0 Å². The number of benzene rings is 1. The zero-order chi connectivity index (χ0) is 10.1. The summed E-state index contributed by atoms with van der Waals surface area (Å²) in [5, 5.41) is 0. The Labute approximate surface area is 93.7 Å². The summed E-state index contributed by atoms with van der Waals surface area (Å²) in [6, 6.07) is 7.85. The van der Waals surface area contributed by atoms with Crippen LogP contribution < -0.4 is 4.87 Å². The van der Waals surface area contributed by atoms with E-state index in [2.05, 4.69) is 20.9 Å². The van der Waals surface area contributed by atoms with Gasteiger partial charge in [0.05, 0.1) is 5.69 Å². The highest BCUT2D eigenvalue weighted by molar-refractivity contribution is 9.10. The van der Waals surface area contributed by atoms with Gasteiger partial charge >= 0.3 is 4.87 Å². The Morgan fingerprint density at radius 2 is 2.07 bits per heavy atom. The number of aryl methyl sites for hydroxylation is 1. The van der Waals surface area contributed by atoms with Crippen molar-refractivity contribution in [3.05, 3.63) is 43.3 Å². The molecule has 0 aliphatic heterocycles. The maximum Gasteiger partial charge on any atom is 0.305 e. The molecule has 72 valence electrons. The van der Waals surface area contributed by atoms with Crippen LogP contribution in [0, 0.1) is 6.92 Å². The first-order valence-corrected chi connectivity index (χ1v) is 5.74. The molecule has 0 fully saturated rings. The second-order valence-corrected chi connectivity index (χ2v) is 4.97. The van der Waals surface area contributed by atoms with Crippen LogP contribution in [0.25, 0.3) is 11.3 Å². The van der Waals surface area contributed by atoms with Crippen molar-refractivity contribution in [1.29, 1.82) is 0 Å². The molecule has 0 aliphatic rings. The van der Waals surface area contributed by atoms with Gasteiger partial charge in [-0.1, -0.05) is 45.5 Å². The third-order valence-corrected chi connectivity index (χ3v) is 3.46. The van der Waals surface area contributed by atoms with E-state index in [4.69, 9.17) is 0 Å². The van der Waals surface area contributed by atoms with Crippen molar-refractivity contribution in [2.75, 3.05) is 0 Å². The minimum absolute atomic E-state index is 0.00625. The summed E-state index contributed by atoms with van der Waals surface area (Å²) >= 11 is 4.70. The maximum atomic E-state index is 11.1. The SMILES string of the molecule is Cc1sc(=O)[nH]c1-c1ccccc1Br. The van der Waals surface area contributed by atoms with Gasteiger partial charge in [-0.25, -0.2) is 0 Å². The normalized spacial score (nSPS) is 10.4. The van der Waals surface area contributed by atoms with Crippen molar-refractivity contribution in [2.24, 2.45) is 0 Å². The standard InChI is InChI=1S/C10H8BrNOS/c1-6-9(12-10(13)14-6)7-4-2-3-5-8(7)11/h2-5H,1H3,(H,12,13). The fourth-order valence-electron chi connectivity index (χ4n) is 1.33. The fraction of sp³-hybridized carbons (Fsp3) is 0.100. The number of hydrogen-bond acceptors (Lipinski definition) is 2. The molecule has 0 saturated heterocycles. The number of H-pyrrole nitrogens is 1. The summed E-state index contributed by atoms with van der Waals surface area (Å²) in [6.45, 7) is 1.94. The van der Waals surface area contributed by atoms with Gasteiger partial charge in [-0.2, -0.15) is 0 Å². The molecular weight excluding hydrogens is 262 g/mol. The number of aromatic nitrogens is 1. The number of rotatable bonds is 1. The van der Waals surface area contributed by atoms with Crippen LogP contribution in [-0.2, 0) is 0 Å². The molecular formula is C10H8BrNOS. The Kier molecular flexibility index (Phi) is 2.56. The lowest BCUT2D eigenvalue weighted by Gasteiger charge is -2.01. The van der Waals surface area contributed by atoms with E-state index in [0.29, 0.717) is 0 Å². The number of aromatic amines is 1. The molecule has 0 unspecified atom stereocenters. The van der Waals surface area contributed by atoms with Crippen LogP contribution in [0.3, 0.4) is 0 Å². The van der Waals surface area contributed by atoms with Gasteiger partial charge < -0.3 is 4.98 Å². The largest absolute Gasteiger partial charge is 0.312 e. The third kappa shape index (κ3) is 1.67. The molecule has 0 spiro atoms. The van der Waals surface area contributed by atoms with Gasteiger partial charge in [0.15, 0.2) is 0 Å². The molecule has 0 bridgehead atoms. The van der Waals surface area contributed by atoms with Crippen molar-refractivity contribution in [3.8, 4) is 11.3 Å². The predicted molar refractivity (Wildman–Crippen MR) is 62.8 cm³/mol. The Bertz CT molecular complexity index is 515. The van der Waals surface area contributed by atoms with Gasteiger partial charge in [0.1, 0.15) is 0 Å². The average molecular weight is 270 g/mol.